The third-order valence-corrected chi connectivity index (χ3v) is 4.30. The summed E-state index contributed by atoms with van der Waals surface area (Å²) in [5, 5.41) is 9.38. The summed E-state index contributed by atoms with van der Waals surface area (Å²) < 4.78 is 7.99. The van der Waals surface area contributed by atoms with Crippen LogP contribution >= 0.6 is 23.2 Å². The summed E-state index contributed by atoms with van der Waals surface area (Å²) in [5.41, 5.74) is 2.80. The first-order chi connectivity index (χ1) is 10.7. The van der Waals surface area contributed by atoms with Crippen molar-refractivity contribution in [3.8, 4) is 5.69 Å². The predicted molar refractivity (Wildman–Crippen MR) is 84.5 cm³/mol. The first kappa shape index (κ1) is 13.8. The molecule has 1 aromatic heterocycles. The van der Waals surface area contributed by atoms with E-state index >= 15 is 0 Å². The summed E-state index contributed by atoms with van der Waals surface area (Å²) in [5.74, 6) is 0.748. The van der Waals surface area contributed by atoms with Crippen molar-refractivity contribution in [2.75, 3.05) is 0 Å². The van der Waals surface area contributed by atoms with E-state index in [0.29, 0.717) is 16.7 Å². The maximum absolute atomic E-state index is 6.35. The smallest absolute Gasteiger partial charge is 0.163 e. The highest BCUT2D eigenvalue weighted by Crippen LogP contribution is 2.38. The minimum atomic E-state index is -0.302. The maximum Gasteiger partial charge on any atom is 0.163 e. The van der Waals surface area contributed by atoms with E-state index in [1.807, 2.05) is 47.0 Å². The van der Waals surface area contributed by atoms with Crippen LogP contribution in [-0.4, -0.2) is 14.8 Å². The molecular weight excluding hydrogens is 321 g/mol. The molecule has 6 heteroatoms. The van der Waals surface area contributed by atoms with E-state index < -0.39 is 0 Å². The molecule has 0 spiro atoms. The van der Waals surface area contributed by atoms with Crippen molar-refractivity contribution in [1.82, 2.24) is 14.8 Å². The Morgan fingerprint density at radius 2 is 1.95 bits per heavy atom. The predicted octanol–water partition coefficient (Wildman–Crippen LogP) is 4.19. The number of benzene rings is 2. The number of nitrogens with zero attached hydrogens (tertiary/aromatic N) is 3. The fraction of sp³-hybridized carbons (Fsp3) is 0.125. The van der Waals surface area contributed by atoms with Gasteiger partial charge >= 0.3 is 0 Å². The van der Waals surface area contributed by atoms with Gasteiger partial charge in [0.2, 0.25) is 0 Å². The molecule has 0 aliphatic carbocycles. The Morgan fingerprint density at radius 3 is 2.82 bits per heavy atom. The summed E-state index contributed by atoms with van der Waals surface area (Å²) >= 11 is 12.5. The lowest BCUT2D eigenvalue weighted by Gasteiger charge is -2.19. The molecule has 0 bridgehead atoms. The first-order valence-electron chi connectivity index (χ1n) is 6.79. The molecule has 4 nitrogen and oxygen atoms in total. The molecule has 4 rings (SSSR count). The van der Waals surface area contributed by atoms with E-state index in [4.69, 9.17) is 27.9 Å². The lowest BCUT2D eigenvalue weighted by atomic mass is 9.99. The third-order valence-electron chi connectivity index (χ3n) is 3.72. The van der Waals surface area contributed by atoms with Crippen molar-refractivity contribution < 1.29 is 4.74 Å². The molecule has 0 radical (unpaired) electrons. The largest absolute Gasteiger partial charge is 0.361 e. The molecule has 0 saturated carbocycles. The summed E-state index contributed by atoms with van der Waals surface area (Å²) in [6.45, 7) is 0.349. The van der Waals surface area contributed by atoms with E-state index in [1.54, 1.807) is 6.33 Å². The molecule has 1 unspecified atom stereocenters. The van der Waals surface area contributed by atoms with Crippen molar-refractivity contribution >= 4 is 23.2 Å². The van der Waals surface area contributed by atoms with Crippen LogP contribution in [0.5, 0.6) is 0 Å². The van der Waals surface area contributed by atoms with Gasteiger partial charge in [-0.15, -0.1) is 10.2 Å². The highest BCUT2D eigenvalue weighted by atomic mass is 35.5. The molecule has 1 aliphatic heterocycles. The lowest BCUT2D eigenvalue weighted by Crippen LogP contribution is -2.06. The molecule has 22 heavy (non-hydrogen) atoms. The molecule has 1 atom stereocenters. The molecule has 0 amide bonds. The minimum absolute atomic E-state index is 0.302. The third kappa shape index (κ3) is 2.20. The molecule has 110 valence electrons. The van der Waals surface area contributed by atoms with Crippen LogP contribution in [0.1, 0.15) is 23.1 Å². The second-order valence-electron chi connectivity index (χ2n) is 5.03. The Bertz CT molecular complexity index is 847. The van der Waals surface area contributed by atoms with Gasteiger partial charge in [-0.3, -0.25) is 4.57 Å². The van der Waals surface area contributed by atoms with Gasteiger partial charge in [0.15, 0.2) is 5.82 Å². The Morgan fingerprint density at radius 1 is 1.09 bits per heavy atom. The summed E-state index contributed by atoms with van der Waals surface area (Å²) in [6.07, 6.45) is 1.38. The van der Waals surface area contributed by atoms with E-state index in [-0.39, 0.29) is 6.10 Å². The fourth-order valence-corrected chi connectivity index (χ4v) is 3.12. The number of hydrogen-bond acceptors (Lipinski definition) is 3. The van der Waals surface area contributed by atoms with Crippen LogP contribution in [0.15, 0.2) is 48.8 Å². The van der Waals surface area contributed by atoms with Gasteiger partial charge < -0.3 is 4.74 Å². The zero-order chi connectivity index (χ0) is 15.1. The van der Waals surface area contributed by atoms with Gasteiger partial charge in [-0.25, -0.2) is 0 Å². The molecule has 2 heterocycles. The monoisotopic (exact) mass is 331 g/mol. The van der Waals surface area contributed by atoms with Gasteiger partial charge in [-0.2, -0.15) is 0 Å². The fourth-order valence-electron chi connectivity index (χ4n) is 2.71. The van der Waals surface area contributed by atoms with Crippen molar-refractivity contribution in [2.45, 2.75) is 12.7 Å². The van der Waals surface area contributed by atoms with Crippen LogP contribution in [0.25, 0.3) is 5.69 Å². The number of rotatable bonds is 1. The van der Waals surface area contributed by atoms with Gasteiger partial charge in [-0.1, -0.05) is 41.4 Å². The van der Waals surface area contributed by atoms with Gasteiger partial charge in [0, 0.05) is 21.2 Å². The standard InChI is InChI=1S/C16H11Cl2N3O/c17-10-5-6-14-12(7-10)16(11-3-1-2-4-13(11)18)22-8-15-20-19-9-21(14)15/h1-7,9,16H,8H2. The molecule has 0 N–H and O–H groups in total. The number of halogens is 2. The van der Waals surface area contributed by atoms with Gasteiger partial charge in [-0.05, 0) is 24.3 Å². The van der Waals surface area contributed by atoms with E-state index in [0.717, 1.165) is 22.6 Å². The van der Waals surface area contributed by atoms with Crippen LogP contribution < -0.4 is 0 Å². The van der Waals surface area contributed by atoms with Crippen LogP contribution in [0.3, 0.4) is 0 Å². The van der Waals surface area contributed by atoms with E-state index in [9.17, 15) is 0 Å². The number of aromatic nitrogens is 3. The van der Waals surface area contributed by atoms with Crippen LogP contribution in [-0.2, 0) is 11.3 Å². The summed E-state index contributed by atoms with van der Waals surface area (Å²) in [4.78, 5) is 0. The van der Waals surface area contributed by atoms with Crippen molar-refractivity contribution in [2.24, 2.45) is 0 Å². The molecular formula is C16H11Cl2N3O. The summed E-state index contributed by atoms with van der Waals surface area (Å²) in [7, 11) is 0. The highest BCUT2D eigenvalue weighted by molar-refractivity contribution is 6.31. The lowest BCUT2D eigenvalue weighted by molar-refractivity contribution is 0.0656. The van der Waals surface area contributed by atoms with Crippen molar-refractivity contribution in [1.29, 1.82) is 0 Å². The summed E-state index contributed by atoms with van der Waals surface area (Å²) in [6, 6.07) is 13.4. The topological polar surface area (TPSA) is 39.9 Å². The SMILES string of the molecule is Clc1ccc2c(c1)C(c1ccccc1Cl)OCc1nncn1-2. The Hall–Kier alpha value is -1.88. The second-order valence-corrected chi connectivity index (χ2v) is 5.88. The van der Waals surface area contributed by atoms with Crippen LogP contribution in [0.4, 0.5) is 0 Å². The number of fused-ring (bicyclic) bond motifs is 3. The molecule has 1 aliphatic rings. The molecule has 2 aromatic carbocycles. The zero-order valence-corrected chi connectivity index (χ0v) is 12.9. The van der Waals surface area contributed by atoms with Crippen LogP contribution in [0, 0.1) is 0 Å². The normalized spacial score (nSPS) is 16.7. The van der Waals surface area contributed by atoms with E-state index in [1.165, 1.54) is 0 Å². The first-order valence-corrected chi connectivity index (χ1v) is 7.54. The van der Waals surface area contributed by atoms with Gasteiger partial charge in [0.25, 0.3) is 0 Å². The van der Waals surface area contributed by atoms with E-state index in [2.05, 4.69) is 10.2 Å². The average molecular weight is 332 g/mol. The van der Waals surface area contributed by atoms with Crippen molar-refractivity contribution in [3.63, 3.8) is 0 Å². The van der Waals surface area contributed by atoms with Gasteiger partial charge in [0.1, 0.15) is 19.0 Å². The quantitative estimate of drug-likeness (QED) is 0.671. The number of hydrogen-bond donors (Lipinski definition) is 0. The molecule has 3 aromatic rings. The Labute approximate surface area is 137 Å². The van der Waals surface area contributed by atoms with Gasteiger partial charge in [0.05, 0.1) is 5.69 Å². The molecule has 0 saturated heterocycles. The molecule has 0 fully saturated rings. The highest BCUT2D eigenvalue weighted by Gasteiger charge is 2.26. The van der Waals surface area contributed by atoms with Crippen LogP contribution in [0.2, 0.25) is 10.0 Å². The number of ether oxygens (including phenoxy) is 1. The Balaban J connectivity index is 1.95. The Kier molecular flexibility index (Phi) is 3.37. The van der Waals surface area contributed by atoms with Crippen molar-refractivity contribution in [3.05, 3.63) is 75.8 Å². The second kappa shape index (κ2) is 5.39. The minimum Gasteiger partial charge on any atom is -0.361 e. The average Bonchev–Trinajstić information content (AvgIpc) is 2.92. The maximum atomic E-state index is 6.35. The zero-order valence-electron chi connectivity index (χ0n) is 11.4.